The molecule has 0 saturated heterocycles. The lowest BCUT2D eigenvalue weighted by atomic mass is 9.67. The molecule has 2 heteroatoms. The number of aliphatic carboxylic acids is 1. The molecule has 0 aromatic heterocycles. The minimum atomic E-state index is -0.554. The molecule has 0 amide bonds. The summed E-state index contributed by atoms with van der Waals surface area (Å²) < 4.78 is 0. The van der Waals surface area contributed by atoms with Crippen LogP contribution in [0.25, 0.3) is 0 Å². The SMILES string of the molecule is CC(CC1CC1)(C(=O)O)C1CCCCC1. The highest BCUT2D eigenvalue weighted by Crippen LogP contribution is 2.48. The van der Waals surface area contributed by atoms with Crippen LogP contribution in [0.3, 0.4) is 0 Å². The van der Waals surface area contributed by atoms with Crippen molar-refractivity contribution in [3.63, 3.8) is 0 Å². The first-order valence-electron chi connectivity index (χ1n) is 6.36. The normalized spacial score (nSPS) is 27.3. The molecule has 2 aliphatic carbocycles. The third-order valence-corrected chi connectivity index (χ3v) is 4.40. The number of rotatable bonds is 4. The van der Waals surface area contributed by atoms with E-state index < -0.39 is 11.4 Å². The summed E-state index contributed by atoms with van der Waals surface area (Å²) in [6.45, 7) is 1.99. The molecule has 2 saturated carbocycles. The van der Waals surface area contributed by atoms with Gasteiger partial charge < -0.3 is 5.11 Å². The first kappa shape index (κ1) is 11.0. The van der Waals surface area contributed by atoms with Crippen molar-refractivity contribution in [3.8, 4) is 0 Å². The van der Waals surface area contributed by atoms with Crippen LogP contribution in [0.1, 0.15) is 58.3 Å². The van der Waals surface area contributed by atoms with Crippen molar-refractivity contribution in [2.24, 2.45) is 17.3 Å². The summed E-state index contributed by atoms with van der Waals surface area (Å²) in [4.78, 5) is 11.5. The molecule has 2 fully saturated rings. The van der Waals surface area contributed by atoms with Crippen molar-refractivity contribution < 1.29 is 9.90 Å². The van der Waals surface area contributed by atoms with Crippen molar-refractivity contribution in [3.05, 3.63) is 0 Å². The van der Waals surface area contributed by atoms with Crippen molar-refractivity contribution in [1.29, 1.82) is 0 Å². The average Bonchev–Trinajstić information content (AvgIpc) is 3.02. The summed E-state index contributed by atoms with van der Waals surface area (Å²) >= 11 is 0. The van der Waals surface area contributed by atoms with E-state index in [2.05, 4.69) is 0 Å². The second-order valence-electron chi connectivity index (χ2n) is 5.71. The maximum absolute atomic E-state index is 11.5. The van der Waals surface area contributed by atoms with Gasteiger partial charge in [0.15, 0.2) is 0 Å². The zero-order chi connectivity index (χ0) is 10.9. The van der Waals surface area contributed by atoms with Gasteiger partial charge in [-0.05, 0) is 38.0 Å². The van der Waals surface area contributed by atoms with Crippen LogP contribution in [-0.2, 0) is 4.79 Å². The van der Waals surface area contributed by atoms with Gasteiger partial charge in [0.25, 0.3) is 0 Å². The summed E-state index contributed by atoms with van der Waals surface area (Å²) in [6.07, 6.45) is 9.48. The van der Waals surface area contributed by atoms with Gasteiger partial charge in [0, 0.05) is 0 Å². The maximum atomic E-state index is 11.5. The molecule has 15 heavy (non-hydrogen) atoms. The molecule has 2 nitrogen and oxygen atoms in total. The van der Waals surface area contributed by atoms with E-state index in [0.717, 1.165) is 19.3 Å². The summed E-state index contributed by atoms with van der Waals surface area (Å²) in [5, 5.41) is 9.46. The smallest absolute Gasteiger partial charge is 0.309 e. The van der Waals surface area contributed by atoms with Crippen molar-refractivity contribution in [2.75, 3.05) is 0 Å². The predicted octanol–water partition coefficient (Wildman–Crippen LogP) is 3.46. The van der Waals surface area contributed by atoms with Gasteiger partial charge in [0.2, 0.25) is 0 Å². The van der Waals surface area contributed by atoms with Crippen LogP contribution in [0.2, 0.25) is 0 Å². The van der Waals surface area contributed by atoms with E-state index in [1.165, 1.54) is 32.1 Å². The highest BCUT2D eigenvalue weighted by atomic mass is 16.4. The molecule has 0 radical (unpaired) electrons. The molecule has 0 aromatic rings. The molecule has 0 aliphatic heterocycles. The van der Waals surface area contributed by atoms with Gasteiger partial charge in [-0.1, -0.05) is 32.1 Å². The number of hydrogen-bond acceptors (Lipinski definition) is 1. The molecule has 2 rings (SSSR count). The lowest BCUT2D eigenvalue weighted by Crippen LogP contribution is -2.37. The zero-order valence-corrected chi connectivity index (χ0v) is 9.67. The van der Waals surface area contributed by atoms with Crippen LogP contribution in [0.15, 0.2) is 0 Å². The number of carbonyl (C=O) groups is 1. The molecular weight excluding hydrogens is 188 g/mol. The average molecular weight is 210 g/mol. The van der Waals surface area contributed by atoms with Gasteiger partial charge >= 0.3 is 5.97 Å². The Morgan fingerprint density at radius 2 is 1.80 bits per heavy atom. The first-order chi connectivity index (χ1) is 7.13. The largest absolute Gasteiger partial charge is 0.481 e. The van der Waals surface area contributed by atoms with E-state index in [0.29, 0.717) is 11.8 Å². The monoisotopic (exact) mass is 210 g/mol. The van der Waals surface area contributed by atoms with Crippen LogP contribution < -0.4 is 0 Å². The lowest BCUT2D eigenvalue weighted by Gasteiger charge is -2.36. The van der Waals surface area contributed by atoms with Crippen LogP contribution >= 0.6 is 0 Å². The second kappa shape index (κ2) is 4.15. The Kier molecular flexibility index (Phi) is 3.03. The molecule has 1 N–H and O–H groups in total. The molecule has 1 unspecified atom stereocenters. The quantitative estimate of drug-likeness (QED) is 0.771. The van der Waals surface area contributed by atoms with Gasteiger partial charge in [-0.3, -0.25) is 4.79 Å². The Balaban J connectivity index is 2.04. The Morgan fingerprint density at radius 3 is 2.27 bits per heavy atom. The van der Waals surface area contributed by atoms with E-state index in [9.17, 15) is 9.90 Å². The second-order valence-corrected chi connectivity index (χ2v) is 5.71. The molecule has 1 atom stereocenters. The Bertz CT molecular complexity index is 239. The van der Waals surface area contributed by atoms with Crippen LogP contribution in [0, 0.1) is 17.3 Å². The van der Waals surface area contributed by atoms with Gasteiger partial charge in [0.05, 0.1) is 5.41 Å². The fourth-order valence-corrected chi connectivity index (χ4v) is 3.09. The van der Waals surface area contributed by atoms with Crippen molar-refractivity contribution in [1.82, 2.24) is 0 Å². The zero-order valence-electron chi connectivity index (χ0n) is 9.67. The van der Waals surface area contributed by atoms with E-state index in [1.807, 2.05) is 6.92 Å². The fraction of sp³-hybridized carbons (Fsp3) is 0.923. The van der Waals surface area contributed by atoms with Gasteiger partial charge in [-0.15, -0.1) is 0 Å². The van der Waals surface area contributed by atoms with Crippen molar-refractivity contribution >= 4 is 5.97 Å². The molecule has 0 aromatic carbocycles. The predicted molar refractivity (Wildman–Crippen MR) is 59.7 cm³/mol. The van der Waals surface area contributed by atoms with Crippen LogP contribution in [0.5, 0.6) is 0 Å². The maximum Gasteiger partial charge on any atom is 0.309 e. The molecule has 86 valence electrons. The summed E-state index contributed by atoms with van der Waals surface area (Å²) in [6, 6.07) is 0. The minimum absolute atomic E-state index is 0.429. The number of carboxylic acid groups (broad SMARTS) is 1. The van der Waals surface area contributed by atoms with Gasteiger partial charge in [0.1, 0.15) is 0 Å². The number of hydrogen-bond donors (Lipinski definition) is 1. The Labute approximate surface area is 92.1 Å². The van der Waals surface area contributed by atoms with E-state index in [4.69, 9.17) is 0 Å². The minimum Gasteiger partial charge on any atom is -0.481 e. The fourth-order valence-electron chi connectivity index (χ4n) is 3.09. The highest BCUT2D eigenvalue weighted by Gasteiger charge is 2.45. The van der Waals surface area contributed by atoms with Crippen LogP contribution in [-0.4, -0.2) is 11.1 Å². The lowest BCUT2D eigenvalue weighted by molar-refractivity contribution is -0.153. The summed E-state index contributed by atoms with van der Waals surface area (Å²) in [5.74, 6) is 0.596. The van der Waals surface area contributed by atoms with Crippen molar-refractivity contribution in [2.45, 2.75) is 58.3 Å². The summed E-state index contributed by atoms with van der Waals surface area (Å²) in [7, 11) is 0. The topological polar surface area (TPSA) is 37.3 Å². The first-order valence-corrected chi connectivity index (χ1v) is 6.36. The molecule has 2 aliphatic rings. The third kappa shape index (κ3) is 2.35. The van der Waals surface area contributed by atoms with E-state index in [-0.39, 0.29) is 0 Å². The van der Waals surface area contributed by atoms with Gasteiger partial charge in [-0.25, -0.2) is 0 Å². The van der Waals surface area contributed by atoms with E-state index in [1.54, 1.807) is 0 Å². The molecule has 0 heterocycles. The van der Waals surface area contributed by atoms with E-state index >= 15 is 0 Å². The Hall–Kier alpha value is -0.530. The summed E-state index contributed by atoms with van der Waals surface area (Å²) in [5.41, 5.74) is -0.429. The standard InChI is InChI=1S/C13H22O2/c1-13(12(14)15,9-10-7-8-10)11-5-3-2-4-6-11/h10-11H,2-9H2,1H3,(H,14,15). The van der Waals surface area contributed by atoms with Gasteiger partial charge in [-0.2, -0.15) is 0 Å². The number of carboxylic acids is 1. The third-order valence-electron chi connectivity index (χ3n) is 4.40. The molecule has 0 spiro atoms. The molecule has 0 bridgehead atoms. The Morgan fingerprint density at radius 1 is 1.20 bits per heavy atom. The van der Waals surface area contributed by atoms with Crippen LogP contribution in [0.4, 0.5) is 0 Å². The highest BCUT2D eigenvalue weighted by molar-refractivity contribution is 5.74. The molecular formula is C13H22O2.